The summed E-state index contributed by atoms with van der Waals surface area (Å²) in [5.74, 6) is 0.470. The molecular weight excluding hydrogens is 238 g/mol. The summed E-state index contributed by atoms with van der Waals surface area (Å²) in [6.45, 7) is 13.0. The normalized spacial score (nSPS) is 13.8. The van der Waals surface area contributed by atoms with Crippen molar-refractivity contribution in [2.45, 2.75) is 67.2 Å². The maximum absolute atomic E-state index is 12.5. The number of Topliss-reactive ketones (excluding diaryl/α,β-unsaturated/α-hetero) is 1. The summed E-state index contributed by atoms with van der Waals surface area (Å²) in [5, 5.41) is 3.53. The van der Waals surface area contributed by atoms with Gasteiger partial charge in [-0.25, -0.2) is 0 Å². The summed E-state index contributed by atoms with van der Waals surface area (Å²) in [6.07, 6.45) is 3.63. The summed E-state index contributed by atoms with van der Waals surface area (Å²) < 4.78 is 0. The molecule has 19 heavy (non-hydrogen) atoms. The van der Waals surface area contributed by atoms with Crippen molar-refractivity contribution in [3.8, 4) is 0 Å². The molecule has 0 aliphatic carbocycles. The Morgan fingerprint density at radius 2 is 1.74 bits per heavy atom. The van der Waals surface area contributed by atoms with Gasteiger partial charge in [-0.15, -0.1) is 0 Å². The Morgan fingerprint density at radius 1 is 1.16 bits per heavy atom. The monoisotopic (exact) mass is 267 g/mol. The largest absolute Gasteiger partial charge is 0.299 e. The topological polar surface area (TPSA) is 65.8 Å². The molecule has 0 bridgehead atoms. The lowest BCUT2D eigenvalue weighted by Gasteiger charge is -2.30. The molecule has 1 unspecified atom stereocenters. The Hall–Kier alpha value is -1.02. The Morgan fingerprint density at radius 3 is 2.16 bits per heavy atom. The van der Waals surface area contributed by atoms with E-state index in [0.29, 0.717) is 12.3 Å². The van der Waals surface area contributed by atoms with Crippen molar-refractivity contribution in [3.63, 3.8) is 0 Å². The van der Waals surface area contributed by atoms with Gasteiger partial charge in [-0.05, 0) is 30.2 Å². The minimum absolute atomic E-state index is 0.117. The molecule has 0 aliphatic rings. The van der Waals surface area contributed by atoms with E-state index in [4.69, 9.17) is 5.53 Å². The number of carbonyl (C=O) groups excluding carboxylic acids is 1. The lowest BCUT2D eigenvalue weighted by Crippen LogP contribution is -2.31. The SMILES string of the molecule is CC(C)(C)CC(CCCCN=[N+]=[N-])C(=O)C(C)(C)C. The maximum Gasteiger partial charge on any atom is 0.141 e. The van der Waals surface area contributed by atoms with Crippen LogP contribution in [-0.4, -0.2) is 12.3 Å². The highest BCUT2D eigenvalue weighted by Gasteiger charge is 2.31. The molecule has 0 saturated carbocycles. The minimum atomic E-state index is -0.277. The van der Waals surface area contributed by atoms with Crippen LogP contribution >= 0.6 is 0 Å². The molecule has 0 aromatic heterocycles. The third-order valence-electron chi connectivity index (χ3n) is 3.09. The molecule has 0 spiro atoms. The van der Waals surface area contributed by atoms with Crippen molar-refractivity contribution in [2.75, 3.05) is 6.54 Å². The fraction of sp³-hybridized carbons (Fsp3) is 0.933. The van der Waals surface area contributed by atoms with E-state index >= 15 is 0 Å². The van der Waals surface area contributed by atoms with Gasteiger partial charge in [-0.3, -0.25) is 4.79 Å². The van der Waals surface area contributed by atoms with Crippen LogP contribution in [0.5, 0.6) is 0 Å². The predicted octanol–water partition coefficient (Wildman–Crippen LogP) is 5.13. The summed E-state index contributed by atoms with van der Waals surface area (Å²) in [4.78, 5) is 15.2. The van der Waals surface area contributed by atoms with E-state index in [-0.39, 0.29) is 16.7 Å². The molecule has 0 N–H and O–H groups in total. The first kappa shape index (κ1) is 18.0. The van der Waals surface area contributed by atoms with E-state index in [2.05, 4.69) is 30.8 Å². The maximum atomic E-state index is 12.5. The van der Waals surface area contributed by atoms with Crippen molar-refractivity contribution in [3.05, 3.63) is 10.4 Å². The molecule has 0 aromatic rings. The Labute approximate surface area is 117 Å². The van der Waals surface area contributed by atoms with Crippen LogP contribution in [0.1, 0.15) is 67.2 Å². The van der Waals surface area contributed by atoms with E-state index in [1.807, 2.05) is 20.8 Å². The van der Waals surface area contributed by atoms with Gasteiger partial charge >= 0.3 is 0 Å². The third kappa shape index (κ3) is 8.66. The van der Waals surface area contributed by atoms with Gasteiger partial charge in [0, 0.05) is 22.8 Å². The van der Waals surface area contributed by atoms with Crippen LogP contribution in [0.2, 0.25) is 0 Å². The van der Waals surface area contributed by atoms with E-state index < -0.39 is 0 Å². The second-order valence-corrected chi connectivity index (χ2v) is 7.53. The smallest absolute Gasteiger partial charge is 0.141 e. The minimum Gasteiger partial charge on any atom is -0.299 e. The van der Waals surface area contributed by atoms with Crippen LogP contribution in [0.25, 0.3) is 10.4 Å². The zero-order valence-corrected chi connectivity index (χ0v) is 13.4. The highest BCUT2D eigenvalue weighted by molar-refractivity contribution is 5.85. The van der Waals surface area contributed by atoms with Crippen molar-refractivity contribution in [2.24, 2.45) is 21.9 Å². The number of hydrogen-bond donors (Lipinski definition) is 0. The van der Waals surface area contributed by atoms with Gasteiger partial charge in [-0.2, -0.15) is 0 Å². The molecule has 0 radical (unpaired) electrons. The summed E-state index contributed by atoms with van der Waals surface area (Å²) >= 11 is 0. The molecule has 0 saturated heterocycles. The number of rotatable bonds is 7. The van der Waals surface area contributed by atoms with Crippen LogP contribution in [0, 0.1) is 16.7 Å². The fourth-order valence-corrected chi connectivity index (χ4v) is 2.30. The molecule has 1 atom stereocenters. The molecule has 0 rings (SSSR count). The average molecular weight is 267 g/mol. The second-order valence-electron chi connectivity index (χ2n) is 7.53. The molecule has 4 nitrogen and oxygen atoms in total. The lowest BCUT2D eigenvalue weighted by molar-refractivity contribution is -0.131. The molecule has 0 aromatic carbocycles. The van der Waals surface area contributed by atoms with Gasteiger partial charge in [0.1, 0.15) is 5.78 Å². The lowest BCUT2D eigenvalue weighted by atomic mass is 9.74. The molecule has 4 heteroatoms. The van der Waals surface area contributed by atoms with Crippen molar-refractivity contribution >= 4 is 5.78 Å². The van der Waals surface area contributed by atoms with Gasteiger partial charge in [0.2, 0.25) is 0 Å². The van der Waals surface area contributed by atoms with Gasteiger partial charge in [0.05, 0.1) is 0 Å². The molecule has 0 aliphatic heterocycles. The number of azide groups is 1. The first-order chi connectivity index (χ1) is 8.58. The molecule has 0 fully saturated rings. The Kier molecular flexibility index (Phi) is 7.14. The highest BCUT2D eigenvalue weighted by atomic mass is 16.1. The van der Waals surface area contributed by atoms with Crippen LogP contribution < -0.4 is 0 Å². The first-order valence-electron chi connectivity index (χ1n) is 7.13. The zero-order chi connectivity index (χ0) is 15.1. The zero-order valence-electron chi connectivity index (χ0n) is 13.4. The van der Waals surface area contributed by atoms with E-state index in [1.165, 1.54) is 0 Å². The van der Waals surface area contributed by atoms with Gasteiger partial charge in [0.25, 0.3) is 0 Å². The third-order valence-corrected chi connectivity index (χ3v) is 3.09. The van der Waals surface area contributed by atoms with Crippen LogP contribution in [-0.2, 0) is 4.79 Å². The molecular formula is C15H29N3O. The highest BCUT2D eigenvalue weighted by Crippen LogP contribution is 2.33. The summed E-state index contributed by atoms with van der Waals surface area (Å²) in [6, 6.07) is 0. The van der Waals surface area contributed by atoms with Gasteiger partial charge in [0.15, 0.2) is 0 Å². The second kappa shape index (κ2) is 7.54. The van der Waals surface area contributed by atoms with Gasteiger partial charge in [-0.1, -0.05) is 53.1 Å². The summed E-state index contributed by atoms with van der Waals surface area (Å²) in [5.41, 5.74) is 8.11. The van der Waals surface area contributed by atoms with Crippen molar-refractivity contribution in [1.29, 1.82) is 0 Å². The van der Waals surface area contributed by atoms with Crippen LogP contribution in [0.3, 0.4) is 0 Å². The number of ketones is 1. The van der Waals surface area contributed by atoms with Crippen LogP contribution in [0.15, 0.2) is 5.11 Å². The average Bonchev–Trinajstić information content (AvgIpc) is 2.23. The Bertz CT molecular complexity index is 330. The van der Waals surface area contributed by atoms with Crippen molar-refractivity contribution in [1.82, 2.24) is 0 Å². The van der Waals surface area contributed by atoms with Gasteiger partial charge < -0.3 is 0 Å². The van der Waals surface area contributed by atoms with Crippen molar-refractivity contribution < 1.29 is 4.79 Å². The molecule has 0 heterocycles. The Balaban J connectivity index is 4.51. The first-order valence-corrected chi connectivity index (χ1v) is 7.13. The van der Waals surface area contributed by atoms with E-state index in [0.717, 1.165) is 25.7 Å². The predicted molar refractivity (Wildman–Crippen MR) is 79.9 cm³/mol. The fourth-order valence-electron chi connectivity index (χ4n) is 2.30. The number of hydrogen-bond acceptors (Lipinski definition) is 2. The molecule has 110 valence electrons. The quantitative estimate of drug-likeness (QED) is 0.273. The number of nitrogens with zero attached hydrogens (tertiary/aromatic N) is 3. The standard InChI is InChI=1S/C15H29N3O/c1-14(2,3)11-12(13(19)15(4,5)6)9-7-8-10-17-18-16/h12H,7-11H2,1-6H3. The molecule has 0 amide bonds. The van der Waals surface area contributed by atoms with E-state index in [1.54, 1.807) is 0 Å². The van der Waals surface area contributed by atoms with E-state index in [9.17, 15) is 4.79 Å². The number of unbranched alkanes of at least 4 members (excludes halogenated alkanes) is 1. The van der Waals surface area contributed by atoms with Crippen LogP contribution in [0.4, 0.5) is 0 Å². The summed E-state index contributed by atoms with van der Waals surface area (Å²) in [7, 11) is 0. The number of carbonyl (C=O) groups is 1.